The second-order valence-electron chi connectivity index (χ2n) is 6.81. The quantitative estimate of drug-likeness (QED) is 0.398. The summed E-state index contributed by atoms with van der Waals surface area (Å²) in [5.41, 5.74) is 0. The van der Waals surface area contributed by atoms with Crippen molar-refractivity contribution < 1.29 is 18.4 Å². The zero-order valence-corrected chi connectivity index (χ0v) is 14.1. The Morgan fingerprint density at radius 2 is 0.947 bits per heavy atom. The molecule has 0 heterocycles. The number of nitrogens with zero attached hydrogens (tertiary/aromatic N) is 2. The van der Waals surface area contributed by atoms with Gasteiger partial charge in [-0.25, -0.2) is 0 Å². The molecule has 4 nitrogen and oxygen atoms in total. The molecule has 0 bridgehead atoms. The Morgan fingerprint density at radius 1 is 0.579 bits per heavy atom. The molecule has 0 rings (SSSR count). The van der Waals surface area contributed by atoms with Gasteiger partial charge in [0.2, 0.25) is 0 Å². The van der Waals surface area contributed by atoms with Gasteiger partial charge in [-0.2, -0.15) is 0 Å². The second-order valence-corrected chi connectivity index (χ2v) is 6.81. The van der Waals surface area contributed by atoms with Crippen molar-refractivity contribution in [2.75, 3.05) is 81.8 Å². The van der Waals surface area contributed by atoms with Crippen LogP contribution in [0.2, 0.25) is 0 Å². The average Bonchev–Trinajstić information content (AvgIpc) is 2.33. The van der Waals surface area contributed by atoms with Crippen molar-refractivity contribution in [3.63, 3.8) is 0 Å². The van der Waals surface area contributed by atoms with Crippen molar-refractivity contribution in [1.82, 2.24) is 0 Å². The molecule has 116 valence electrons. The minimum atomic E-state index is 0.855. The predicted octanol–water partition coefficient (Wildman–Crippen LogP) is 1.60. The zero-order valence-electron chi connectivity index (χ0n) is 14.1. The van der Waals surface area contributed by atoms with E-state index in [0.29, 0.717) is 0 Å². The molecule has 0 atom stereocenters. The number of likely N-dealkylation sites (N-methyl/N-ethyl adjacent to an activating group) is 2. The summed E-state index contributed by atoms with van der Waals surface area (Å²) >= 11 is 0. The van der Waals surface area contributed by atoms with Gasteiger partial charge < -0.3 is 18.4 Å². The molecule has 0 fully saturated rings. The van der Waals surface area contributed by atoms with Gasteiger partial charge in [-0.05, 0) is 19.3 Å². The highest BCUT2D eigenvalue weighted by Gasteiger charge is 2.16. The number of unbranched alkanes of at least 4 members (excludes halogenated alkanes) is 2. The van der Waals surface area contributed by atoms with E-state index < -0.39 is 0 Å². The summed E-state index contributed by atoms with van der Waals surface area (Å²) in [4.78, 5) is 0. The number of methoxy groups -OCH3 is 2. The SMILES string of the molecule is COCC[N+](C)(C)CCCCC[N+](C)(C)CCOC. The molecule has 0 amide bonds. The van der Waals surface area contributed by atoms with Crippen molar-refractivity contribution in [2.24, 2.45) is 0 Å². The highest BCUT2D eigenvalue weighted by Crippen LogP contribution is 2.07. The number of hydrogen-bond donors (Lipinski definition) is 0. The molecule has 0 aliphatic rings. The van der Waals surface area contributed by atoms with E-state index >= 15 is 0 Å². The molecule has 4 heteroatoms. The van der Waals surface area contributed by atoms with E-state index in [1.165, 1.54) is 32.4 Å². The Kier molecular flexibility index (Phi) is 9.62. The number of hydrogen-bond acceptors (Lipinski definition) is 2. The van der Waals surface area contributed by atoms with E-state index in [2.05, 4.69) is 28.2 Å². The molecule has 0 aliphatic carbocycles. The van der Waals surface area contributed by atoms with Crippen LogP contribution in [0, 0.1) is 0 Å². The highest BCUT2D eigenvalue weighted by atomic mass is 16.5. The minimum absolute atomic E-state index is 0.855. The standard InChI is InChI=1S/C15H36N2O2/c1-16(2,12-14-18-5)10-8-7-9-11-17(3,4)13-15-19-6/h7-15H2,1-6H3/q+2. The molecule has 0 aromatic rings. The fraction of sp³-hybridized carbons (Fsp3) is 1.00. The topological polar surface area (TPSA) is 18.5 Å². The minimum Gasteiger partial charge on any atom is -0.379 e. The molecule has 0 spiro atoms. The first kappa shape index (κ1) is 18.8. The van der Waals surface area contributed by atoms with Crippen molar-refractivity contribution >= 4 is 0 Å². The first-order chi connectivity index (χ1) is 8.83. The third-order valence-electron chi connectivity index (χ3n) is 3.83. The third kappa shape index (κ3) is 11.4. The number of quaternary nitrogens is 2. The van der Waals surface area contributed by atoms with E-state index in [1.54, 1.807) is 14.2 Å². The van der Waals surface area contributed by atoms with E-state index in [9.17, 15) is 0 Å². The second kappa shape index (κ2) is 9.70. The van der Waals surface area contributed by atoms with Crippen molar-refractivity contribution in [3.05, 3.63) is 0 Å². The number of rotatable bonds is 12. The molecule has 0 saturated carbocycles. The Morgan fingerprint density at radius 3 is 1.26 bits per heavy atom. The van der Waals surface area contributed by atoms with Crippen LogP contribution in [0.5, 0.6) is 0 Å². The molecule has 19 heavy (non-hydrogen) atoms. The number of ether oxygens (including phenoxy) is 2. The van der Waals surface area contributed by atoms with Crippen molar-refractivity contribution in [1.29, 1.82) is 0 Å². The lowest BCUT2D eigenvalue weighted by molar-refractivity contribution is -0.892. The van der Waals surface area contributed by atoms with Crippen LogP contribution in [0.15, 0.2) is 0 Å². The smallest absolute Gasteiger partial charge is 0.102 e. The van der Waals surface area contributed by atoms with E-state index in [1.807, 2.05) is 0 Å². The lowest BCUT2D eigenvalue weighted by atomic mass is 10.2. The maximum Gasteiger partial charge on any atom is 0.102 e. The van der Waals surface area contributed by atoms with Crippen molar-refractivity contribution in [2.45, 2.75) is 19.3 Å². The summed E-state index contributed by atoms with van der Waals surface area (Å²) in [6.45, 7) is 6.41. The van der Waals surface area contributed by atoms with Gasteiger partial charge in [0, 0.05) is 14.2 Å². The van der Waals surface area contributed by atoms with Gasteiger partial charge in [0.1, 0.15) is 13.1 Å². The zero-order chi connectivity index (χ0) is 14.8. The summed E-state index contributed by atoms with van der Waals surface area (Å²) in [6, 6.07) is 0. The Bertz CT molecular complexity index is 196. The van der Waals surface area contributed by atoms with Crippen LogP contribution in [0.25, 0.3) is 0 Å². The van der Waals surface area contributed by atoms with Gasteiger partial charge in [0.05, 0.1) is 54.5 Å². The highest BCUT2D eigenvalue weighted by molar-refractivity contribution is 4.44. The Labute approximate surface area is 120 Å². The summed E-state index contributed by atoms with van der Waals surface area (Å²) < 4.78 is 12.4. The first-order valence-electron chi connectivity index (χ1n) is 7.45. The van der Waals surface area contributed by atoms with Crippen LogP contribution >= 0.6 is 0 Å². The van der Waals surface area contributed by atoms with Gasteiger partial charge in [-0.15, -0.1) is 0 Å². The van der Waals surface area contributed by atoms with Gasteiger partial charge in [0.25, 0.3) is 0 Å². The molecule has 0 N–H and O–H groups in total. The maximum atomic E-state index is 5.16. The normalized spacial score (nSPS) is 12.9. The van der Waals surface area contributed by atoms with Crippen molar-refractivity contribution in [3.8, 4) is 0 Å². The Balaban J connectivity index is 3.63. The molecule has 0 aromatic heterocycles. The van der Waals surface area contributed by atoms with Crippen LogP contribution in [0.3, 0.4) is 0 Å². The van der Waals surface area contributed by atoms with Crippen LogP contribution in [0.4, 0.5) is 0 Å². The fourth-order valence-electron chi connectivity index (χ4n) is 2.16. The largest absolute Gasteiger partial charge is 0.379 e. The summed E-state index contributed by atoms with van der Waals surface area (Å²) in [5, 5.41) is 0. The molecule has 0 saturated heterocycles. The summed E-state index contributed by atoms with van der Waals surface area (Å²) in [7, 11) is 12.7. The van der Waals surface area contributed by atoms with Crippen LogP contribution in [-0.2, 0) is 9.47 Å². The van der Waals surface area contributed by atoms with Gasteiger partial charge >= 0.3 is 0 Å². The predicted molar refractivity (Wildman–Crippen MR) is 81.3 cm³/mol. The molecular weight excluding hydrogens is 240 g/mol. The molecule has 0 radical (unpaired) electrons. The summed E-state index contributed by atoms with van der Waals surface area (Å²) in [5.74, 6) is 0. The van der Waals surface area contributed by atoms with Gasteiger partial charge in [0.15, 0.2) is 0 Å². The van der Waals surface area contributed by atoms with Crippen LogP contribution < -0.4 is 0 Å². The summed E-state index contributed by atoms with van der Waals surface area (Å²) in [6.07, 6.45) is 3.94. The van der Waals surface area contributed by atoms with E-state index in [4.69, 9.17) is 9.47 Å². The monoisotopic (exact) mass is 276 g/mol. The lowest BCUT2D eigenvalue weighted by Gasteiger charge is -2.31. The molecule has 0 unspecified atom stereocenters. The lowest BCUT2D eigenvalue weighted by Crippen LogP contribution is -2.44. The van der Waals surface area contributed by atoms with Gasteiger partial charge in [-0.1, -0.05) is 0 Å². The first-order valence-corrected chi connectivity index (χ1v) is 7.45. The average molecular weight is 276 g/mol. The van der Waals surface area contributed by atoms with E-state index in [0.717, 1.165) is 35.3 Å². The molecule has 0 aromatic carbocycles. The van der Waals surface area contributed by atoms with Crippen LogP contribution in [0.1, 0.15) is 19.3 Å². The molecular formula is C15H36N2O2+2. The van der Waals surface area contributed by atoms with Crippen LogP contribution in [-0.4, -0.2) is 90.8 Å². The maximum absolute atomic E-state index is 5.16. The van der Waals surface area contributed by atoms with Gasteiger partial charge in [-0.3, -0.25) is 0 Å². The third-order valence-corrected chi connectivity index (χ3v) is 3.83. The molecule has 0 aliphatic heterocycles. The van der Waals surface area contributed by atoms with E-state index in [-0.39, 0.29) is 0 Å². The Hall–Kier alpha value is -0.160. The fourth-order valence-corrected chi connectivity index (χ4v) is 2.16.